The molecule has 0 N–H and O–H groups in total. The van der Waals surface area contributed by atoms with Gasteiger partial charge in [0.1, 0.15) is 10.6 Å². The highest BCUT2D eigenvalue weighted by molar-refractivity contribution is 7.89. The van der Waals surface area contributed by atoms with Gasteiger partial charge in [-0.3, -0.25) is 4.79 Å². The molecule has 7 nitrogen and oxygen atoms in total. The minimum Gasteiger partial charge on any atom is -0.493 e. The van der Waals surface area contributed by atoms with Gasteiger partial charge in [0.2, 0.25) is 15.9 Å². The number of hydrogen-bond donors (Lipinski definition) is 0. The van der Waals surface area contributed by atoms with Gasteiger partial charge in [-0.2, -0.15) is 4.31 Å². The number of ether oxygens (including phenoxy) is 1. The number of amides is 1. The first-order chi connectivity index (χ1) is 16.7. The summed E-state index contributed by atoms with van der Waals surface area (Å²) in [7, 11) is -1.83. The lowest BCUT2D eigenvalue weighted by molar-refractivity contribution is -0.136. The summed E-state index contributed by atoms with van der Waals surface area (Å²) in [6.45, 7) is 3.79. The van der Waals surface area contributed by atoms with Crippen LogP contribution in [-0.4, -0.2) is 81.4 Å². The number of sulfonamides is 1. The van der Waals surface area contributed by atoms with Crippen molar-refractivity contribution >= 4 is 39.1 Å². The van der Waals surface area contributed by atoms with Gasteiger partial charge in [0, 0.05) is 56.1 Å². The van der Waals surface area contributed by atoms with E-state index in [0.717, 1.165) is 13.1 Å². The Bertz CT molecular complexity index is 1140. The molecule has 2 fully saturated rings. The van der Waals surface area contributed by atoms with Crippen molar-refractivity contribution in [3.05, 3.63) is 58.6 Å². The number of piperazine rings is 1. The summed E-state index contributed by atoms with van der Waals surface area (Å²) in [5, 5.41) is 0.457. The molecule has 4 rings (SSSR count). The maximum atomic E-state index is 13.6. The molecule has 2 saturated heterocycles. The van der Waals surface area contributed by atoms with Crippen molar-refractivity contribution in [1.29, 1.82) is 0 Å². The van der Waals surface area contributed by atoms with E-state index in [9.17, 15) is 13.2 Å². The van der Waals surface area contributed by atoms with Crippen molar-refractivity contribution in [3.8, 4) is 5.75 Å². The molecule has 0 aliphatic carbocycles. The number of para-hydroxylation sites is 1. The van der Waals surface area contributed by atoms with Crippen LogP contribution < -0.4 is 4.74 Å². The zero-order chi connectivity index (χ0) is 25.1. The number of likely N-dealkylation sites (N-methyl/N-ethyl adjacent to an activating group) is 1. The highest BCUT2D eigenvalue weighted by Gasteiger charge is 2.43. The minimum absolute atomic E-state index is 0.0220. The summed E-state index contributed by atoms with van der Waals surface area (Å²) in [6.07, 6.45) is 1.54. The predicted octanol–water partition coefficient (Wildman–Crippen LogP) is 4.01. The number of carbonyl (C=O) groups excluding carboxylic acids is 1. The van der Waals surface area contributed by atoms with Crippen LogP contribution in [0.5, 0.6) is 5.75 Å². The first kappa shape index (κ1) is 26.2. The molecule has 2 aromatic rings. The van der Waals surface area contributed by atoms with E-state index in [1.165, 1.54) is 22.5 Å². The molecular formula is C25H31Cl2N3O4S. The van der Waals surface area contributed by atoms with Crippen LogP contribution in [0.15, 0.2) is 53.4 Å². The van der Waals surface area contributed by atoms with E-state index >= 15 is 0 Å². The Balaban J connectivity index is 1.58. The maximum absolute atomic E-state index is 13.6. The zero-order valence-electron chi connectivity index (χ0n) is 19.8. The fraction of sp³-hybridized carbons (Fsp3) is 0.480. The van der Waals surface area contributed by atoms with Gasteiger partial charge in [0.15, 0.2) is 0 Å². The Morgan fingerprint density at radius 3 is 2.43 bits per heavy atom. The second kappa shape index (κ2) is 11.0. The van der Waals surface area contributed by atoms with E-state index in [2.05, 4.69) is 4.90 Å². The zero-order valence-corrected chi connectivity index (χ0v) is 22.2. The monoisotopic (exact) mass is 539 g/mol. The summed E-state index contributed by atoms with van der Waals surface area (Å²) in [5.41, 5.74) is -0.652. The van der Waals surface area contributed by atoms with Gasteiger partial charge in [-0.15, -0.1) is 0 Å². The summed E-state index contributed by atoms with van der Waals surface area (Å²) in [4.78, 5) is 17.5. The maximum Gasteiger partial charge on any atom is 0.244 e. The molecule has 1 amide bonds. The van der Waals surface area contributed by atoms with Gasteiger partial charge in [-0.05, 0) is 50.2 Å². The van der Waals surface area contributed by atoms with E-state index in [4.69, 9.17) is 27.9 Å². The summed E-state index contributed by atoms with van der Waals surface area (Å²) in [5.74, 6) is 0.734. The third-order valence-electron chi connectivity index (χ3n) is 6.81. The van der Waals surface area contributed by atoms with E-state index in [0.29, 0.717) is 43.2 Å². The molecule has 2 aliphatic heterocycles. The van der Waals surface area contributed by atoms with Crippen molar-refractivity contribution in [1.82, 2.24) is 14.1 Å². The fourth-order valence-electron chi connectivity index (χ4n) is 4.75. The first-order valence-corrected chi connectivity index (χ1v) is 14.0. The van der Waals surface area contributed by atoms with Crippen LogP contribution in [0, 0.1) is 5.41 Å². The molecule has 190 valence electrons. The SMILES string of the molecule is CN1CCN(C(=O)CC2(COc3ccccc3)CCCN(S(=O)(=O)c3ccc(Cl)cc3Cl)C2)CC1. The third kappa shape index (κ3) is 6.30. The number of carbonyl (C=O) groups is 1. The Morgan fingerprint density at radius 2 is 1.74 bits per heavy atom. The van der Waals surface area contributed by atoms with Crippen LogP contribution in [-0.2, 0) is 14.8 Å². The summed E-state index contributed by atoms with van der Waals surface area (Å²) >= 11 is 12.2. The fourth-order valence-corrected chi connectivity index (χ4v) is 7.08. The van der Waals surface area contributed by atoms with Crippen molar-refractivity contribution in [2.75, 3.05) is 52.9 Å². The molecule has 2 heterocycles. The molecule has 0 aromatic heterocycles. The van der Waals surface area contributed by atoms with Crippen LogP contribution in [0.4, 0.5) is 0 Å². The van der Waals surface area contributed by atoms with Gasteiger partial charge in [0.25, 0.3) is 0 Å². The molecule has 0 spiro atoms. The third-order valence-corrected chi connectivity index (χ3v) is 9.37. The quantitative estimate of drug-likeness (QED) is 0.531. The van der Waals surface area contributed by atoms with Crippen LogP contribution in [0.1, 0.15) is 19.3 Å². The van der Waals surface area contributed by atoms with E-state index in [-0.39, 0.29) is 35.4 Å². The first-order valence-electron chi connectivity index (χ1n) is 11.8. The molecule has 1 unspecified atom stereocenters. The van der Waals surface area contributed by atoms with E-state index in [1.54, 1.807) is 0 Å². The molecule has 10 heteroatoms. The Hall–Kier alpha value is -1.84. The van der Waals surface area contributed by atoms with Crippen LogP contribution in [0.2, 0.25) is 10.0 Å². The van der Waals surface area contributed by atoms with Crippen LogP contribution in [0.3, 0.4) is 0 Å². The number of benzene rings is 2. The molecule has 0 radical (unpaired) electrons. The molecule has 0 bridgehead atoms. The lowest BCUT2D eigenvalue weighted by Crippen LogP contribution is -2.53. The number of nitrogens with zero attached hydrogens (tertiary/aromatic N) is 3. The van der Waals surface area contributed by atoms with Crippen LogP contribution >= 0.6 is 23.2 Å². The molecule has 2 aliphatic rings. The summed E-state index contributed by atoms with van der Waals surface area (Å²) < 4.78 is 34.7. The van der Waals surface area contributed by atoms with Crippen molar-refractivity contribution in [3.63, 3.8) is 0 Å². The van der Waals surface area contributed by atoms with Crippen molar-refractivity contribution < 1.29 is 17.9 Å². The molecular weight excluding hydrogens is 509 g/mol. The smallest absolute Gasteiger partial charge is 0.244 e. The van der Waals surface area contributed by atoms with Crippen molar-refractivity contribution in [2.24, 2.45) is 5.41 Å². The average Bonchev–Trinajstić information content (AvgIpc) is 2.84. The average molecular weight is 541 g/mol. The minimum atomic E-state index is -3.88. The highest BCUT2D eigenvalue weighted by atomic mass is 35.5. The van der Waals surface area contributed by atoms with Gasteiger partial charge in [-0.1, -0.05) is 41.4 Å². The Labute approximate surface area is 217 Å². The lowest BCUT2D eigenvalue weighted by Gasteiger charge is -2.43. The lowest BCUT2D eigenvalue weighted by atomic mass is 9.78. The second-order valence-electron chi connectivity index (χ2n) is 9.48. The second-order valence-corrected chi connectivity index (χ2v) is 12.2. The Kier molecular flexibility index (Phi) is 8.28. The topological polar surface area (TPSA) is 70.2 Å². The van der Waals surface area contributed by atoms with Crippen LogP contribution in [0.25, 0.3) is 0 Å². The number of hydrogen-bond acceptors (Lipinski definition) is 5. The van der Waals surface area contributed by atoms with Gasteiger partial charge >= 0.3 is 0 Å². The number of rotatable bonds is 7. The molecule has 35 heavy (non-hydrogen) atoms. The van der Waals surface area contributed by atoms with Gasteiger partial charge < -0.3 is 14.5 Å². The van der Waals surface area contributed by atoms with Crippen molar-refractivity contribution in [2.45, 2.75) is 24.2 Å². The predicted molar refractivity (Wildman–Crippen MR) is 138 cm³/mol. The van der Waals surface area contributed by atoms with Gasteiger partial charge in [-0.25, -0.2) is 8.42 Å². The number of piperidine rings is 1. The molecule has 0 saturated carbocycles. The van der Waals surface area contributed by atoms with E-state index in [1.807, 2.05) is 42.3 Å². The Morgan fingerprint density at radius 1 is 1.03 bits per heavy atom. The summed E-state index contributed by atoms with van der Waals surface area (Å²) in [6, 6.07) is 13.8. The highest BCUT2D eigenvalue weighted by Crippen LogP contribution is 2.38. The normalized spacial score (nSPS) is 22.2. The molecule has 2 aromatic carbocycles. The van der Waals surface area contributed by atoms with Gasteiger partial charge in [0.05, 0.1) is 11.6 Å². The number of halogens is 2. The largest absolute Gasteiger partial charge is 0.493 e. The molecule has 1 atom stereocenters. The van der Waals surface area contributed by atoms with E-state index < -0.39 is 15.4 Å². The standard InChI is InChI=1S/C25H31Cl2N3O4S/c1-28-12-14-29(15-13-28)24(31)17-25(19-34-21-6-3-2-4-7-21)10-5-11-30(18-25)35(32,33)23-9-8-20(26)16-22(23)27/h2-4,6-9,16H,5,10-15,17-19H2,1H3.